The number of hydrogen-bond donors (Lipinski definition) is 1. The average molecular weight is 399 g/mol. The van der Waals surface area contributed by atoms with Crippen molar-refractivity contribution in [2.75, 3.05) is 13.7 Å². The molecule has 2 rings (SSSR count). The number of hydrogen-bond acceptors (Lipinski definition) is 5. The van der Waals surface area contributed by atoms with Gasteiger partial charge in [-0.2, -0.15) is 5.10 Å². The summed E-state index contributed by atoms with van der Waals surface area (Å²) in [6.07, 6.45) is 1.59. The first-order valence-corrected chi connectivity index (χ1v) is 9.70. The third-order valence-electron chi connectivity index (χ3n) is 4.19. The molecule has 6 nitrogen and oxygen atoms in total. The molecule has 0 radical (unpaired) electrons. The topological polar surface area (TPSA) is 69.2 Å². The summed E-state index contributed by atoms with van der Waals surface area (Å²) in [4.78, 5) is 12.0. The number of nitrogens with one attached hydrogen (secondary N) is 1. The molecule has 0 atom stereocenters. The highest BCUT2D eigenvalue weighted by molar-refractivity contribution is 5.83. The largest absolute Gasteiger partial charge is 0.493 e. The van der Waals surface area contributed by atoms with Gasteiger partial charge in [-0.05, 0) is 73.7 Å². The van der Waals surface area contributed by atoms with Crippen LogP contribution >= 0.6 is 0 Å². The van der Waals surface area contributed by atoms with Gasteiger partial charge >= 0.3 is 0 Å². The van der Waals surface area contributed by atoms with Crippen LogP contribution in [0.25, 0.3) is 0 Å². The number of methoxy groups -OCH3 is 1. The van der Waals surface area contributed by atoms with Crippen molar-refractivity contribution in [3.63, 3.8) is 0 Å². The lowest BCUT2D eigenvalue weighted by atomic mass is 9.98. The van der Waals surface area contributed by atoms with Crippen molar-refractivity contribution >= 4 is 12.1 Å². The van der Waals surface area contributed by atoms with E-state index in [9.17, 15) is 4.79 Å². The van der Waals surface area contributed by atoms with Gasteiger partial charge in [0.1, 0.15) is 5.75 Å². The molecular weight excluding hydrogens is 368 g/mol. The molecule has 0 heterocycles. The van der Waals surface area contributed by atoms with Gasteiger partial charge in [0.2, 0.25) is 0 Å². The van der Waals surface area contributed by atoms with Crippen molar-refractivity contribution in [1.82, 2.24) is 5.43 Å². The quantitative estimate of drug-likeness (QED) is 0.501. The van der Waals surface area contributed by atoms with E-state index in [1.165, 1.54) is 5.56 Å². The lowest BCUT2D eigenvalue weighted by Crippen LogP contribution is -2.24. The smallest absolute Gasteiger partial charge is 0.277 e. The molecule has 0 aliphatic carbocycles. The van der Waals surface area contributed by atoms with Crippen molar-refractivity contribution < 1.29 is 19.0 Å². The van der Waals surface area contributed by atoms with Crippen LogP contribution in [0.15, 0.2) is 41.5 Å². The van der Waals surface area contributed by atoms with Crippen LogP contribution in [-0.4, -0.2) is 31.9 Å². The number of carbonyl (C=O) groups is 1. The molecule has 0 bridgehead atoms. The predicted octanol–water partition coefficient (Wildman–Crippen LogP) is 4.44. The van der Waals surface area contributed by atoms with E-state index >= 15 is 0 Å². The molecule has 0 aliphatic rings. The van der Waals surface area contributed by atoms with Gasteiger partial charge in [0.05, 0.1) is 19.4 Å². The first-order chi connectivity index (χ1) is 13.8. The van der Waals surface area contributed by atoms with Crippen LogP contribution in [-0.2, 0) is 4.79 Å². The van der Waals surface area contributed by atoms with Gasteiger partial charge in [-0.1, -0.05) is 19.9 Å². The Bertz CT molecular complexity index is 860. The SMILES string of the molecule is COc1cc(/C=N/NC(=O)COc2ccc(C(C)C)c(C)c2)ccc1OC(C)C. The summed E-state index contributed by atoms with van der Waals surface area (Å²) in [5.74, 6) is 2.05. The molecular formula is C23H30N2O4. The Balaban J connectivity index is 1.89. The molecule has 0 aromatic heterocycles. The van der Waals surface area contributed by atoms with Crippen molar-refractivity contribution in [2.24, 2.45) is 5.10 Å². The van der Waals surface area contributed by atoms with Crippen LogP contribution in [0, 0.1) is 6.92 Å². The molecule has 1 amide bonds. The van der Waals surface area contributed by atoms with Crippen LogP contribution in [0.1, 0.15) is 50.3 Å². The summed E-state index contributed by atoms with van der Waals surface area (Å²) >= 11 is 0. The van der Waals surface area contributed by atoms with Gasteiger partial charge in [0.15, 0.2) is 18.1 Å². The molecule has 29 heavy (non-hydrogen) atoms. The van der Waals surface area contributed by atoms with E-state index in [0.717, 1.165) is 11.1 Å². The first kappa shape index (κ1) is 22.3. The fourth-order valence-corrected chi connectivity index (χ4v) is 2.86. The van der Waals surface area contributed by atoms with E-state index in [4.69, 9.17) is 14.2 Å². The lowest BCUT2D eigenvalue weighted by Gasteiger charge is -2.13. The first-order valence-electron chi connectivity index (χ1n) is 9.70. The van der Waals surface area contributed by atoms with Crippen molar-refractivity contribution in [2.45, 2.75) is 46.6 Å². The summed E-state index contributed by atoms with van der Waals surface area (Å²) in [6, 6.07) is 11.3. The van der Waals surface area contributed by atoms with Gasteiger partial charge in [0, 0.05) is 0 Å². The van der Waals surface area contributed by atoms with E-state index in [0.29, 0.717) is 23.2 Å². The van der Waals surface area contributed by atoms with E-state index in [-0.39, 0.29) is 18.6 Å². The number of carbonyl (C=O) groups excluding carboxylic acids is 1. The van der Waals surface area contributed by atoms with Crippen LogP contribution in [0.2, 0.25) is 0 Å². The Hall–Kier alpha value is -3.02. The molecule has 0 saturated carbocycles. The Morgan fingerprint density at radius 1 is 1.10 bits per heavy atom. The number of ether oxygens (including phenoxy) is 3. The van der Waals surface area contributed by atoms with Crippen LogP contribution in [0.5, 0.6) is 17.2 Å². The molecule has 156 valence electrons. The molecule has 0 spiro atoms. The molecule has 0 unspecified atom stereocenters. The summed E-state index contributed by atoms with van der Waals surface area (Å²) in [5.41, 5.74) is 5.66. The molecule has 2 aromatic carbocycles. The summed E-state index contributed by atoms with van der Waals surface area (Å²) < 4.78 is 16.6. The third-order valence-corrected chi connectivity index (χ3v) is 4.19. The van der Waals surface area contributed by atoms with Crippen LogP contribution in [0.4, 0.5) is 0 Å². The summed E-state index contributed by atoms with van der Waals surface area (Å²) in [7, 11) is 1.58. The maximum Gasteiger partial charge on any atom is 0.277 e. The van der Waals surface area contributed by atoms with Crippen molar-refractivity contribution in [3.05, 3.63) is 53.1 Å². The Morgan fingerprint density at radius 3 is 2.48 bits per heavy atom. The maximum absolute atomic E-state index is 12.0. The second kappa shape index (κ2) is 10.5. The average Bonchev–Trinajstić information content (AvgIpc) is 2.66. The zero-order valence-electron chi connectivity index (χ0n) is 18.0. The minimum absolute atomic E-state index is 0.0491. The molecule has 0 aliphatic heterocycles. The monoisotopic (exact) mass is 398 g/mol. The number of hydrazone groups is 1. The fourth-order valence-electron chi connectivity index (χ4n) is 2.86. The Morgan fingerprint density at radius 2 is 1.86 bits per heavy atom. The fraction of sp³-hybridized carbons (Fsp3) is 0.391. The molecule has 6 heteroatoms. The molecule has 0 fully saturated rings. The van der Waals surface area contributed by atoms with Gasteiger partial charge in [0.25, 0.3) is 5.91 Å². The standard InChI is InChI=1S/C23H30N2O4/c1-15(2)20-9-8-19(11-17(20)5)28-14-23(26)25-24-13-18-7-10-21(29-16(3)4)22(12-18)27-6/h7-13,15-16H,14H2,1-6H3,(H,25,26)/b24-13+. The van der Waals surface area contributed by atoms with Crippen LogP contribution in [0.3, 0.4) is 0 Å². The van der Waals surface area contributed by atoms with Gasteiger partial charge in [-0.25, -0.2) is 5.43 Å². The minimum atomic E-state index is -0.335. The van der Waals surface area contributed by atoms with Crippen molar-refractivity contribution in [3.8, 4) is 17.2 Å². The highest BCUT2D eigenvalue weighted by Crippen LogP contribution is 2.28. The molecule has 2 aromatic rings. The number of rotatable bonds is 9. The number of aryl methyl sites for hydroxylation is 1. The van der Waals surface area contributed by atoms with Gasteiger partial charge in [-0.3, -0.25) is 4.79 Å². The zero-order chi connectivity index (χ0) is 21.4. The van der Waals surface area contributed by atoms with Crippen molar-refractivity contribution in [1.29, 1.82) is 0 Å². The van der Waals surface area contributed by atoms with Crippen LogP contribution < -0.4 is 19.6 Å². The van der Waals surface area contributed by atoms with Gasteiger partial charge in [-0.15, -0.1) is 0 Å². The van der Waals surface area contributed by atoms with E-state index in [2.05, 4.69) is 24.4 Å². The number of benzene rings is 2. The lowest BCUT2D eigenvalue weighted by molar-refractivity contribution is -0.123. The second-order valence-corrected chi connectivity index (χ2v) is 7.33. The summed E-state index contributed by atoms with van der Waals surface area (Å²) in [5, 5.41) is 3.97. The molecule has 1 N–H and O–H groups in total. The van der Waals surface area contributed by atoms with E-state index in [1.807, 2.05) is 51.1 Å². The summed E-state index contributed by atoms with van der Waals surface area (Å²) in [6.45, 7) is 10.1. The number of amides is 1. The molecule has 0 saturated heterocycles. The second-order valence-electron chi connectivity index (χ2n) is 7.33. The highest BCUT2D eigenvalue weighted by Gasteiger charge is 2.08. The minimum Gasteiger partial charge on any atom is -0.493 e. The van der Waals surface area contributed by atoms with E-state index < -0.39 is 0 Å². The van der Waals surface area contributed by atoms with Gasteiger partial charge < -0.3 is 14.2 Å². The third kappa shape index (κ3) is 6.82. The maximum atomic E-state index is 12.0. The normalized spacial score (nSPS) is 11.2. The Kier molecular flexibility index (Phi) is 8.07. The predicted molar refractivity (Wildman–Crippen MR) is 115 cm³/mol. The number of nitrogens with zero attached hydrogens (tertiary/aromatic N) is 1. The zero-order valence-corrected chi connectivity index (χ0v) is 18.0. The highest BCUT2D eigenvalue weighted by atomic mass is 16.5. The van der Waals surface area contributed by atoms with E-state index in [1.54, 1.807) is 19.4 Å². The Labute approximate surface area is 172 Å².